The lowest BCUT2D eigenvalue weighted by Crippen LogP contribution is -2.37. The van der Waals surface area contributed by atoms with Crippen LogP contribution < -0.4 is 10.2 Å². The van der Waals surface area contributed by atoms with Crippen molar-refractivity contribution in [1.82, 2.24) is 25.1 Å². The molecular formula is C18H26N6O2. The predicted octanol–water partition coefficient (Wildman–Crippen LogP) is 1.58. The predicted molar refractivity (Wildman–Crippen MR) is 98.2 cm³/mol. The molecule has 0 bridgehead atoms. The number of aromatic nitrogens is 4. The second kappa shape index (κ2) is 8.27. The zero-order chi connectivity index (χ0) is 18.5. The highest BCUT2D eigenvalue weighted by Gasteiger charge is 2.17. The molecule has 0 radical (unpaired) electrons. The molecule has 8 heteroatoms. The summed E-state index contributed by atoms with van der Waals surface area (Å²) in [6, 6.07) is 3.78. The quantitative estimate of drug-likeness (QED) is 0.844. The van der Waals surface area contributed by atoms with Crippen molar-refractivity contribution in [3.05, 3.63) is 35.5 Å². The lowest BCUT2D eigenvalue weighted by molar-refractivity contribution is 0.0939. The van der Waals surface area contributed by atoms with Crippen molar-refractivity contribution >= 4 is 11.7 Å². The summed E-state index contributed by atoms with van der Waals surface area (Å²) in [7, 11) is 0. The van der Waals surface area contributed by atoms with Gasteiger partial charge in [-0.2, -0.15) is 5.10 Å². The standard InChI is InChI=1S/C18H26N6O2/c1-4-24-16(10-15(22-24)13(2)3)18(25)19-11-14-9-17(21-12-20-14)23-5-7-26-8-6-23/h9-10,12-13H,4-8,11H2,1-3H3,(H,19,25). The summed E-state index contributed by atoms with van der Waals surface area (Å²) >= 11 is 0. The maximum atomic E-state index is 12.6. The van der Waals surface area contributed by atoms with E-state index in [4.69, 9.17) is 4.74 Å². The van der Waals surface area contributed by atoms with Gasteiger partial charge in [-0.1, -0.05) is 13.8 Å². The number of hydrogen-bond donors (Lipinski definition) is 1. The lowest BCUT2D eigenvalue weighted by atomic mass is 10.1. The molecule has 2 aromatic heterocycles. The number of ether oxygens (including phenoxy) is 1. The van der Waals surface area contributed by atoms with Crippen LogP contribution in [-0.2, 0) is 17.8 Å². The van der Waals surface area contributed by atoms with Crippen LogP contribution in [0.1, 0.15) is 48.6 Å². The van der Waals surface area contributed by atoms with Gasteiger partial charge in [-0.25, -0.2) is 9.97 Å². The van der Waals surface area contributed by atoms with Crippen LogP contribution in [0.2, 0.25) is 0 Å². The van der Waals surface area contributed by atoms with E-state index >= 15 is 0 Å². The van der Waals surface area contributed by atoms with Crippen molar-refractivity contribution in [3.63, 3.8) is 0 Å². The molecule has 1 amide bonds. The molecule has 26 heavy (non-hydrogen) atoms. The van der Waals surface area contributed by atoms with Crippen LogP contribution in [0.4, 0.5) is 5.82 Å². The first kappa shape index (κ1) is 18.3. The monoisotopic (exact) mass is 358 g/mol. The molecule has 8 nitrogen and oxygen atoms in total. The molecule has 0 atom stereocenters. The van der Waals surface area contributed by atoms with Crippen LogP contribution in [-0.4, -0.2) is 52.0 Å². The van der Waals surface area contributed by atoms with Gasteiger partial charge in [-0.05, 0) is 18.9 Å². The van der Waals surface area contributed by atoms with E-state index < -0.39 is 0 Å². The van der Waals surface area contributed by atoms with Crippen LogP contribution in [0, 0.1) is 0 Å². The van der Waals surface area contributed by atoms with Crippen molar-refractivity contribution in [2.24, 2.45) is 0 Å². The third-order valence-corrected chi connectivity index (χ3v) is 4.40. The van der Waals surface area contributed by atoms with Gasteiger partial charge < -0.3 is 15.0 Å². The number of morpholine rings is 1. The van der Waals surface area contributed by atoms with Crippen LogP contribution in [0.15, 0.2) is 18.5 Å². The fraction of sp³-hybridized carbons (Fsp3) is 0.556. The van der Waals surface area contributed by atoms with Crippen molar-refractivity contribution < 1.29 is 9.53 Å². The molecule has 0 spiro atoms. The number of nitrogens with one attached hydrogen (secondary N) is 1. The maximum Gasteiger partial charge on any atom is 0.269 e. The maximum absolute atomic E-state index is 12.6. The first-order valence-corrected chi connectivity index (χ1v) is 9.08. The highest BCUT2D eigenvalue weighted by Crippen LogP contribution is 2.15. The minimum Gasteiger partial charge on any atom is -0.378 e. The molecule has 1 aliphatic rings. The van der Waals surface area contributed by atoms with E-state index in [9.17, 15) is 4.79 Å². The number of aryl methyl sites for hydroxylation is 1. The van der Waals surface area contributed by atoms with Gasteiger partial charge in [0.25, 0.3) is 5.91 Å². The SMILES string of the molecule is CCn1nc(C(C)C)cc1C(=O)NCc1cc(N2CCOCC2)ncn1. The number of carbonyl (C=O) groups is 1. The number of amides is 1. The summed E-state index contributed by atoms with van der Waals surface area (Å²) in [5.41, 5.74) is 2.29. The Labute approximate surface area is 153 Å². The Kier molecular flexibility index (Phi) is 5.82. The van der Waals surface area contributed by atoms with E-state index in [1.807, 2.05) is 19.1 Å². The molecular weight excluding hydrogens is 332 g/mol. The Bertz CT molecular complexity index is 752. The number of anilines is 1. The summed E-state index contributed by atoms with van der Waals surface area (Å²) < 4.78 is 7.11. The Morgan fingerprint density at radius 3 is 2.73 bits per heavy atom. The second-order valence-corrected chi connectivity index (χ2v) is 6.57. The molecule has 0 aromatic carbocycles. The van der Waals surface area contributed by atoms with E-state index in [1.165, 1.54) is 0 Å². The van der Waals surface area contributed by atoms with Crippen molar-refractivity contribution in [2.45, 2.75) is 39.8 Å². The Balaban J connectivity index is 1.66. The Morgan fingerprint density at radius 1 is 1.27 bits per heavy atom. The lowest BCUT2D eigenvalue weighted by Gasteiger charge is -2.27. The number of carbonyl (C=O) groups excluding carboxylic acids is 1. The largest absolute Gasteiger partial charge is 0.378 e. The van der Waals surface area contributed by atoms with Gasteiger partial charge in [0.2, 0.25) is 0 Å². The molecule has 3 rings (SSSR count). The fourth-order valence-corrected chi connectivity index (χ4v) is 2.85. The minimum absolute atomic E-state index is 0.141. The first-order valence-electron chi connectivity index (χ1n) is 9.08. The third-order valence-electron chi connectivity index (χ3n) is 4.40. The Morgan fingerprint density at radius 2 is 2.04 bits per heavy atom. The van der Waals surface area contributed by atoms with Crippen LogP contribution >= 0.6 is 0 Å². The van der Waals surface area contributed by atoms with Gasteiger partial charge in [-0.3, -0.25) is 9.48 Å². The fourth-order valence-electron chi connectivity index (χ4n) is 2.85. The minimum atomic E-state index is -0.141. The normalized spacial score (nSPS) is 14.7. The topological polar surface area (TPSA) is 85.2 Å². The molecule has 1 aliphatic heterocycles. The molecule has 1 saturated heterocycles. The van der Waals surface area contributed by atoms with Gasteiger partial charge >= 0.3 is 0 Å². The molecule has 0 unspecified atom stereocenters. The van der Waals surface area contributed by atoms with Crippen LogP contribution in [0.5, 0.6) is 0 Å². The van der Waals surface area contributed by atoms with E-state index in [0.29, 0.717) is 32.0 Å². The summed E-state index contributed by atoms with van der Waals surface area (Å²) in [5.74, 6) is 1.01. The zero-order valence-electron chi connectivity index (χ0n) is 15.6. The zero-order valence-corrected chi connectivity index (χ0v) is 15.6. The van der Waals surface area contributed by atoms with E-state index in [-0.39, 0.29) is 11.8 Å². The third kappa shape index (κ3) is 4.19. The van der Waals surface area contributed by atoms with Crippen molar-refractivity contribution in [1.29, 1.82) is 0 Å². The van der Waals surface area contributed by atoms with E-state index in [0.717, 1.165) is 30.3 Å². The summed E-state index contributed by atoms with van der Waals surface area (Å²) in [6.07, 6.45) is 1.54. The molecule has 2 aromatic rings. The molecule has 1 fully saturated rings. The molecule has 0 saturated carbocycles. The van der Waals surface area contributed by atoms with Crippen LogP contribution in [0.25, 0.3) is 0 Å². The highest BCUT2D eigenvalue weighted by atomic mass is 16.5. The first-order chi connectivity index (χ1) is 12.6. The number of hydrogen-bond acceptors (Lipinski definition) is 6. The van der Waals surface area contributed by atoms with Gasteiger partial charge in [0.1, 0.15) is 17.8 Å². The van der Waals surface area contributed by atoms with Crippen molar-refractivity contribution in [3.8, 4) is 0 Å². The average Bonchev–Trinajstić information content (AvgIpc) is 3.12. The van der Waals surface area contributed by atoms with Gasteiger partial charge in [0, 0.05) is 25.7 Å². The van der Waals surface area contributed by atoms with E-state index in [2.05, 4.69) is 39.1 Å². The summed E-state index contributed by atoms with van der Waals surface area (Å²) in [6.45, 7) is 10.2. The second-order valence-electron chi connectivity index (χ2n) is 6.57. The van der Waals surface area contributed by atoms with Crippen molar-refractivity contribution in [2.75, 3.05) is 31.2 Å². The molecule has 0 aliphatic carbocycles. The number of rotatable bonds is 6. The molecule has 1 N–H and O–H groups in total. The molecule has 140 valence electrons. The van der Waals surface area contributed by atoms with E-state index in [1.54, 1.807) is 11.0 Å². The summed E-state index contributed by atoms with van der Waals surface area (Å²) in [4.78, 5) is 23.3. The molecule has 3 heterocycles. The summed E-state index contributed by atoms with van der Waals surface area (Å²) in [5, 5.41) is 7.43. The smallest absolute Gasteiger partial charge is 0.269 e. The van der Waals surface area contributed by atoms with Gasteiger partial charge in [-0.15, -0.1) is 0 Å². The Hall–Kier alpha value is -2.48. The van der Waals surface area contributed by atoms with Gasteiger partial charge in [0.15, 0.2) is 0 Å². The average molecular weight is 358 g/mol. The number of nitrogens with zero attached hydrogens (tertiary/aromatic N) is 5. The van der Waals surface area contributed by atoms with Crippen LogP contribution in [0.3, 0.4) is 0 Å². The highest BCUT2D eigenvalue weighted by molar-refractivity contribution is 5.92. The van der Waals surface area contributed by atoms with Gasteiger partial charge in [0.05, 0.1) is 31.1 Å².